The van der Waals surface area contributed by atoms with E-state index in [1.807, 2.05) is 0 Å². The van der Waals surface area contributed by atoms with E-state index >= 15 is 0 Å². The van der Waals surface area contributed by atoms with Crippen molar-refractivity contribution in [3.05, 3.63) is 60.1 Å². The molecule has 4 heterocycles. The predicted molar refractivity (Wildman–Crippen MR) is 154 cm³/mol. The van der Waals surface area contributed by atoms with Crippen LogP contribution in [-0.4, -0.2) is 72.5 Å². The van der Waals surface area contributed by atoms with Crippen molar-refractivity contribution >= 4 is 28.8 Å². The minimum atomic E-state index is -3.06. The van der Waals surface area contributed by atoms with Gasteiger partial charge in [0, 0.05) is 24.7 Å². The maximum atomic E-state index is 14.8. The van der Waals surface area contributed by atoms with Gasteiger partial charge in [-0.3, -0.25) is 10.3 Å². The third kappa shape index (κ3) is 6.81. The fraction of sp³-hybridized carbons (Fsp3) is 0.414. The molecule has 45 heavy (non-hydrogen) atoms. The van der Waals surface area contributed by atoms with Gasteiger partial charge in [0.2, 0.25) is 0 Å². The molecule has 16 heteroatoms. The standard InChI is InChI=1S/C29H31F5N8O3/c1-28(2,3)45-27(44)40-25-22-26(38-13-37-25)42(14-39-22)11-15-7-20(16-8-18(31)19(32)9-17(16)30)36-10-21(15)41-6-4-5-29(35,12-41)23(43)24(33)34/h7-10,13-14,23-24,43H,4-6,11-12,35H2,1-3H3,(H,37,38,40,44)/t23-,29+/m0/s1. The van der Waals surface area contributed by atoms with Crippen LogP contribution >= 0.6 is 0 Å². The molecule has 2 atom stereocenters. The van der Waals surface area contributed by atoms with Crippen molar-refractivity contribution in [3.63, 3.8) is 0 Å². The molecule has 1 fully saturated rings. The summed E-state index contributed by atoms with van der Waals surface area (Å²) >= 11 is 0. The first kappa shape index (κ1) is 32.0. The Morgan fingerprint density at radius 3 is 2.56 bits per heavy atom. The fourth-order valence-electron chi connectivity index (χ4n) is 5.25. The van der Waals surface area contributed by atoms with Gasteiger partial charge in [0.1, 0.15) is 23.8 Å². The first-order chi connectivity index (χ1) is 21.1. The average molecular weight is 635 g/mol. The number of carbonyl (C=O) groups excluding carboxylic acids is 1. The fourth-order valence-corrected chi connectivity index (χ4v) is 5.25. The van der Waals surface area contributed by atoms with Crippen LogP contribution in [0.1, 0.15) is 39.2 Å². The van der Waals surface area contributed by atoms with Crippen LogP contribution in [0.4, 0.5) is 38.3 Å². The lowest BCUT2D eigenvalue weighted by molar-refractivity contribution is -0.0529. The SMILES string of the molecule is CC(C)(C)OC(=O)Nc1ncnc2c1ncn2Cc1cc(-c2cc(F)c(F)cc2F)ncc1N1CCC[C@](N)([C@@H](O)C(F)F)C1. The maximum absolute atomic E-state index is 14.8. The molecule has 0 spiro atoms. The Hall–Kier alpha value is -4.44. The number of anilines is 2. The molecule has 1 aromatic carbocycles. The number of ether oxygens (including phenoxy) is 1. The molecule has 11 nitrogen and oxygen atoms in total. The number of aromatic nitrogens is 5. The summed E-state index contributed by atoms with van der Waals surface area (Å²) in [5.74, 6) is -3.60. The van der Waals surface area contributed by atoms with Crippen molar-refractivity contribution < 1.29 is 36.6 Å². The van der Waals surface area contributed by atoms with E-state index in [0.29, 0.717) is 42.0 Å². The van der Waals surface area contributed by atoms with E-state index < -0.39 is 47.2 Å². The molecule has 1 aliphatic heterocycles. The van der Waals surface area contributed by atoms with E-state index in [4.69, 9.17) is 10.5 Å². The van der Waals surface area contributed by atoms with Crippen molar-refractivity contribution in [2.45, 2.75) is 63.8 Å². The Morgan fingerprint density at radius 2 is 1.84 bits per heavy atom. The number of nitrogens with one attached hydrogen (secondary N) is 1. The zero-order valence-electron chi connectivity index (χ0n) is 24.6. The van der Waals surface area contributed by atoms with Gasteiger partial charge >= 0.3 is 6.09 Å². The van der Waals surface area contributed by atoms with Gasteiger partial charge in [0.05, 0.1) is 36.0 Å². The number of aliphatic hydroxyl groups is 1. The quantitative estimate of drug-likeness (QED) is 0.196. The first-order valence-electron chi connectivity index (χ1n) is 13.9. The monoisotopic (exact) mass is 634 g/mol. The second-order valence-corrected chi connectivity index (χ2v) is 11.9. The van der Waals surface area contributed by atoms with Crippen molar-refractivity contribution in [1.29, 1.82) is 0 Å². The molecule has 3 aromatic heterocycles. The van der Waals surface area contributed by atoms with Gasteiger partial charge in [-0.25, -0.2) is 41.7 Å². The summed E-state index contributed by atoms with van der Waals surface area (Å²) in [6, 6.07) is 2.56. The molecule has 0 unspecified atom stereocenters. The Morgan fingerprint density at radius 1 is 1.11 bits per heavy atom. The van der Waals surface area contributed by atoms with Gasteiger partial charge in [-0.15, -0.1) is 0 Å². The van der Waals surface area contributed by atoms with Gasteiger partial charge < -0.3 is 25.0 Å². The molecule has 240 valence electrons. The predicted octanol–water partition coefficient (Wildman–Crippen LogP) is 4.62. The topological polar surface area (TPSA) is 144 Å². The van der Waals surface area contributed by atoms with E-state index in [-0.39, 0.29) is 42.1 Å². The number of hydrogen-bond acceptors (Lipinski definition) is 9. The van der Waals surface area contributed by atoms with Gasteiger partial charge in [-0.05, 0) is 51.3 Å². The number of piperidine rings is 1. The number of nitrogens with zero attached hydrogens (tertiary/aromatic N) is 6. The number of imidazole rings is 1. The first-order valence-corrected chi connectivity index (χ1v) is 13.9. The van der Waals surface area contributed by atoms with Crippen molar-refractivity contribution in [3.8, 4) is 11.3 Å². The van der Waals surface area contributed by atoms with Crippen LogP contribution < -0.4 is 16.0 Å². The molecule has 0 radical (unpaired) electrons. The Balaban J connectivity index is 1.56. The van der Waals surface area contributed by atoms with E-state index in [1.54, 1.807) is 30.2 Å². The summed E-state index contributed by atoms with van der Waals surface area (Å²) in [6.07, 6.45) is -1.40. The molecule has 0 bridgehead atoms. The number of amides is 1. The molecule has 1 aliphatic rings. The Kier molecular flexibility index (Phi) is 8.64. The number of fused-ring (bicyclic) bond motifs is 1. The Labute approximate surface area is 254 Å². The van der Waals surface area contributed by atoms with Crippen LogP contribution in [0.15, 0.2) is 37.1 Å². The summed E-state index contributed by atoms with van der Waals surface area (Å²) < 4.78 is 76.4. The van der Waals surface area contributed by atoms with Crippen LogP contribution in [0.2, 0.25) is 0 Å². The van der Waals surface area contributed by atoms with Gasteiger partial charge in [-0.1, -0.05) is 0 Å². The van der Waals surface area contributed by atoms with Gasteiger partial charge in [-0.2, -0.15) is 0 Å². The van der Waals surface area contributed by atoms with E-state index in [9.17, 15) is 31.9 Å². The highest BCUT2D eigenvalue weighted by atomic mass is 19.3. The van der Waals surface area contributed by atoms with Crippen LogP contribution in [-0.2, 0) is 11.3 Å². The molecule has 4 aromatic rings. The zero-order chi connectivity index (χ0) is 32.7. The second-order valence-electron chi connectivity index (χ2n) is 11.9. The lowest BCUT2D eigenvalue weighted by Crippen LogP contribution is -2.63. The molecule has 1 amide bonds. The van der Waals surface area contributed by atoms with Crippen molar-refractivity contribution in [2.24, 2.45) is 5.73 Å². The van der Waals surface area contributed by atoms with Crippen LogP contribution in [0.25, 0.3) is 22.4 Å². The molecule has 1 saturated heterocycles. The van der Waals surface area contributed by atoms with Crippen LogP contribution in [0.3, 0.4) is 0 Å². The highest BCUT2D eigenvalue weighted by molar-refractivity contribution is 5.93. The molecule has 0 aliphatic carbocycles. The summed E-state index contributed by atoms with van der Waals surface area (Å²) in [5.41, 5.74) is 4.91. The number of benzene rings is 1. The molecule has 4 N–H and O–H groups in total. The molecule has 0 saturated carbocycles. The summed E-state index contributed by atoms with van der Waals surface area (Å²) in [5, 5.41) is 12.7. The Bertz CT molecular complexity index is 1730. The number of halogens is 5. The number of rotatable bonds is 7. The smallest absolute Gasteiger partial charge is 0.413 e. The lowest BCUT2D eigenvalue weighted by Gasteiger charge is -2.44. The molecule has 5 rings (SSSR count). The number of pyridine rings is 1. The van der Waals surface area contributed by atoms with Gasteiger partial charge in [0.15, 0.2) is 28.6 Å². The molecular formula is C29H31F5N8O3. The van der Waals surface area contributed by atoms with Crippen LogP contribution in [0.5, 0.6) is 0 Å². The van der Waals surface area contributed by atoms with E-state index in [1.165, 1.54) is 24.9 Å². The van der Waals surface area contributed by atoms with Crippen molar-refractivity contribution in [1.82, 2.24) is 24.5 Å². The minimum Gasteiger partial charge on any atom is -0.444 e. The summed E-state index contributed by atoms with van der Waals surface area (Å²) in [6.45, 7) is 5.34. The number of hydrogen-bond donors (Lipinski definition) is 3. The number of alkyl halides is 2. The normalized spacial score (nSPS) is 18.0. The zero-order valence-corrected chi connectivity index (χ0v) is 24.6. The highest BCUT2D eigenvalue weighted by Gasteiger charge is 2.43. The maximum Gasteiger partial charge on any atom is 0.413 e. The molecular weight excluding hydrogens is 603 g/mol. The van der Waals surface area contributed by atoms with Crippen LogP contribution in [0, 0.1) is 17.5 Å². The number of aliphatic hydroxyl groups excluding tert-OH is 1. The summed E-state index contributed by atoms with van der Waals surface area (Å²) in [4.78, 5) is 31.1. The number of carbonyl (C=O) groups is 1. The third-order valence-corrected chi connectivity index (χ3v) is 7.34. The van der Waals surface area contributed by atoms with Gasteiger partial charge in [0.25, 0.3) is 6.43 Å². The average Bonchev–Trinajstić information content (AvgIpc) is 3.37. The summed E-state index contributed by atoms with van der Waals surface area (Å²) in [7, 11) is 0. The third-order valence-electron chi connectivity index (χ3n) is 7.34. The van der Waals surface area contributed by atoms with E-state index in [0.717, 1.165) is 0 Å². The highest BCUT2D eigenvalue weighted by Crippen LogP contribution is 2.34. The minimum absolute atomic E-state index is 0.00100. The van der Waals surface area contributed by atoms with E-state index in [2.05, 4.69) is 25.3 Å². The second kappa shape index (κ2) is 12.2. The largest absolute Gasteiger partial charge is 0.444 e. The lowest BCUT2D eigenvalue weighted by atomic mass is 9.84. The number of nitrogens with two attached hydrogens (primary N) is 1. The van der Waals surface area contributed by atoms with Crippen molar-refractivity contribution in [2.75, 3.05) is 23.3 Å².